The third-order valence-electron chi connectivity index (χ3n) is 2.70. The second-order valence-electron chi connectivity index (χ2n) is 4.16. The molecule has 0 aliphatic heterocycles. The zero-order valence-corrected chi connectivity index (χ0v) is 8.42. The van der Waals surface area contributed by atoms with Crippen LogP contribution in [0.2, 0.25) is 0 Å². The van der Waals surface area contributed by atoms with Crippen LogP contribution in [0.3, 0.4) is 0 Å². The highest BCUT2D eigenvalue weighted by Crippen LogP contribution is 2.32. The molecular formula is C10H19NO2. The Morgan fingerprint density at radius 2 is 2.15 bits per heavy atom. The van der Waals surface area contributed by atoms with Crippen LogP contribution in [0.5, 0.6) is 0 Å². The summed E-state index contributed by atoms with van der Waals surface area (Å²) in [5.74, 6) is 0.912. The third kappa shape index (κ3) is 3.77. The lowest BCUT2D eigenvalue weighted by atomic mass is 10.1. The zero-order chi connectivity index (χ0) is 9.84. The molecule has 1 amide bonds. The van der Waals surface area contributed by atoms with Crippen molar-refractivity contribution in [1.82, 2.24) is 5.32 Å². The van der Waals surface area contributed by atoms with Gasteiger partial charge in [-0.2, -0.15) is 0 Å². The summed E-state index contributed by atoms with van der Waals surface area (Å²) < 4.78 is 0. The van der Waals surface area contributed by atoms with E-state index in [2.05, 4.69) is 5.32 Å². The van der Waals surface area contributed by atoms with Crippen LogP contribution in [-0.2, 0) is 4.79 Å². The van der Waals surface area contributed by atoms with Crippen molar-refractivity contribution in [2.24, 2.45) is 11.8 Å². The van der Waals surface area contributed by atoms with Gasteiger partial charge in [0.25, 0.3) is 0 Å². The van der Waals surface area contributed by atoms with Crippen LogP contribution >= 0.6 is 0 Å². The lowest BCUT2D eigenvalue weighted by Gasteiger charge is -2.19. The van der Waals surface area contributed by atoms with Crippen molar-refractivity contribution < 1.29 is 9.90 Å². The summed E-state index contributed by atoms with van der Waals surface area (Å²) in [6.45, 7) is 4.00. The molecule has 1 aliphatic carbocycles. The minimum atomic E-state index is 0.0799. The first kappa shape index (κ1) is 10.5. The SMILES string of the molecule is CC(CO)C(C)NC(=O)CC1CC1. The fraction of sp³-hybridized carbons (Fsp3) is 0.900. The highest BCUT2D eigenvalue weighted by atomic mass is 16.3. The lowest BCUT2D eigenvalue weighted by molar-refractivity contribution is -0.122. The van der Waals surface area contributed by atoms with Gasteiger partial charge >= 0.3 is 0 Å². The van der Waals surface area contributed by atoms with E-state index in [0.29, 0.717) is 12.3 Å². The second kappa shape index (κ2) is 4.61. The Hall–Kier alpha value is -0.570. The number of carbonyl (C=O) groups is 1. The van der Waals surface area contributed by atoms with Gasteiger partial charge in [0, 0.05) is 19.1 Å². The van der Waals surface area contributed by atoms with E-state index in [-0.39, 0.29) is 24.5 Å². The molecule has 0 saturated heterocycles. The molecule has 3 nitrogen and oxygen atoms in total. The average molecular weight is 185 g/mol. The molecule has 2 unspecified atom stereocenters. The number of hydrogen-bond acceptors (Lipinski definition) is 2. The van der Waals surface area contributed by atoms with Gasteiger partial charge in [0.15, 0.2) is 0 Å². The van der Waals surface area contributed by atoms with Crippen molar-refractivity contribution >= 4 is 5.91 Å². The van der Waals surface area contributed by atoms with Crippen LogP contribution in [0.4, 0.5) is 0 Å². The van der Waals surface area contributed by atoms with E-state index in [9.17, 15) is 4.79 Å². The molecule has 2 N–H and O–H groups in total. The molecule has 0 spiro atoms. The van der Waals surface area contributed by atoms with E-state index >= 15 is 0 Å². The Labute approximate surface area is 79.5 Å². The largest absolute Gasteiger partial charge is 0.396 e. The molecule has 1 saturated carbocycles. The predicted octanol–water partition coefficient (Wildman–Crippen LogP) is 0.920. The Morgan fingerprint density at radius 3 is 2.62 bits per heavy atom. The fourth-order valence-electron chi connectivity index (χ4n) is 1.20. The van der Waals surface area contributed by atoms with Gasteiger partial charge in [-0.1, -0.05) is 6.92 Å². The molecule has 0 radical (unpaired) electrons. The van der Waals surface area contributed by atoms with E-state index in [1.54, 1.807) is 0 Å². The van der Waals surface area contributed by atoms with Crippen molar-refractivity contribution in [3.63, 3.8) is 0 Å². The number of carbonyl (C=O) groups excluding carboxylic acids is 1. The van der Waals surface area contributed by atoms with Crippen LogP contribution in [-0.4, -0.2) is 23.7 Å². The van der Waals surface area contributed by atoms with Gasteiger partial charge in [-0.15, -0.1) is 0 Å². The number of hydrogen-bond donors (Lipinski definition) is 2. The number of nitrogens with one attached hydrogen (secondary N) is 1. The predicted molar refractivity (Wildman–Crippen MR) is 51.2 cm³/mol. The van der Waals surface area contributed by atoms with Crippen LogP contribution in [0.15, 0.2) is 0 Å². The van der Waals surface area contributed by atoms with Gasteiger partial charge in [0.05, 0.1) is 0 Å². The van der Waals surface area contributed by atoms with Crippen molar-refractivity contribution in [3.8, 4) is 0 Å². The number of aliphatic hydroxyl groups excluding tert-OH is 1. The highest BCUT2D eigenvalue weighted by Gasteiger charge is 2.25. The first-order valence-corrected chi connectivity index (χ1v) is 5.03. The van der Waals surface area contributed by atoms with Gasteiger partial charge in [-0.3, -0.25) is 4.79 Å². The molecule has 13 heavy (non-hydrogen) atoms. The molecule has 0 aromatic rings. The maximum absolute atomic E-state index is 11.3. The molecule has 3 heteroatoms. The quantitative estimate of drug-likeness (QED) is 0.669. The molecule has 1 rings (SSSR count). The van der Waals surface area contributed by atoms with E-state index in [1.165, 1.54) is 12.8 Å². The number of amides is 1. The summed E-state index contributed by atoms with van der Waals surface area (Å²) in [6.07, 6.45) is 3.08. The Morgan fingerprint density at radius 1 is 1.54 bits per heavy atom. The summed E-state index contributed by atoms with van der Waals surface area (Å²) in [5.41, 5.74) is 0. The summed E-state index contributed by atoms with van der Waals surface area (Å²) >= 11 is 0. The Bertz CT molecular complexity index is 178. The topological polar surface area (TPSA) is 49.3 Å². The van der Waals surface area contributed by atoms with Crippen molar-refractivity contribution in [2.75, 3.05) is 6.61 Å². The Kier molecular flexibility index (Phi) is 3.72. The minimum Gasteiger partial charge on any atom is -0.396 e. The average Bonchev–Trinajstić information content (AvgIpc) is 2.86. The van der Waals surface area contributed by atoms with E-state index in [1.807, 2.05) is 13.8 Å². The van der Waals surface area contributed by atoms with Crippen LogP contribution in [0.1, 0.15) is 33.1 Å². The maximum atomic E-state index is 11.3. The fourth-order valence-corrected chi connectivity index (χ4v) is 1.20. The van der Waals surface area contributed by atoms with E-state index in [0.717, 1.165) is 0 Å². The van der Waals surface area contributed by atoms with Crippen LogP contribution in [0.25, 0.3) is 0 Å². The van der Waals surface area contributed by atoms with Gasteiger partial charge in [-0.05, 0) is 31.6 Å². The summed E-state index contributed by atoms with van der Waals surface area (Å²) in [7, 11) is 0. The van der Waals surface area contributed by atoms with Gasteiger partial charge in [0.1, 0.15) is 0 Å². The van der Waals surface area contributed by atoms with Gasteiger partial charge in [-0.25, -0.2) is 0 Å². The van der Waals surface area contributed by atoms with E-state index < -0.39 is 0 Å². The lowest BCUT2D eigenvalue weighted by Crippen LogP contribution is -2.38. The normalized spacial score (nSPS) is 20.8. The smallest absolute Gasteiger partial charge is 0.220 e. The van der Waals surface area contributed by atoms with Gasteiger partial charge < -0.3 is 10.4 Å². The summed E-state index contributed by atoms with van der Waals surface area (Å²) in [5, 5.41) is 11.8. The maximum Gasteiger partial charge on any atom is 0.220 e. The minimum absolute atomic E-state index is 0.0799. The molecular weight excluding hydrogens is 166 g/mol. The zero-order valence-electron chi connectivity index (χ0n) is 8.42. The van der Waals surface area contributed by atoms with Crippen molar-refractivity contribution in [2.45, 2.75) is 39.2 Å². The molecule has 0 aromatic heterocycles. The number of aliphatic hydroxyl groups is 1. The summed E-state index contributed by atoms with van der Waals surface area (Å²) in [6, 6.07) is 0.0799. The first-order valence-electron chi connectivity index (χ1n) is 5.03. The number of rotatable bonds is 5. The third-order valence-corrected chi connectivity index (χ3v) is 2.70. The van der Waals surface area contributed by atoms with Crippen LogP contribution < -0.4 is 5.32 Å². The molecule has 0 heterocycles. The molecule has 0 bridgehead atoms. The van der Waals surface area contributed by atoms with Crippen LogP contribution in [0, 0.1) is 11.8 Å². The van der Waals surface area contributed by atoms with Crippen molar-refractivity contribution in [1.29, 1.82) is 0 Å². The highest BCUT2D eigenvalue weighted by molar-refractivity contribution is 5.76. The summed E-state index contributed by atoms with van der Waals surface area (Å²) in [4.78, 5) is 11.3. The van der Waals surface area contributed by atoms with E-state index in [4.69, 9.17) is 5.11 Å². The molecule has 2 atom stereocenters. The monoisotopic (exact) mass is 185 g/mol. The standard InChI is InChI=1S/C10H19NO2/c1-7(6-12)8(2)11-10(13)5-9-3-4-9/h7-9,12H,3-6H2,1-2H3,(H,11,13). The van der Waals surface area contributed by atoms with Gasteiger partial charge in [0.2, 0.25) is 5.91 Å². The molecule has 0 aromatic carbocycles. The molecule has 76 valence electrons. The molecule has 1 fully saturated rings. The Balaban J connectivity index is 2.17. The first-order chi connectivity index (χ1) is 6.13. The molecule has 1 aliphatic rings. The second-order valence-corrected chi connectivity index (χ2v) is 4.16. The van der Waals surface area contributed by atoms with Crippen molar-refractivity contribution in [3.05, 3.63) is 0 Å².